The van der Waals surface area contributed by atoms with Crippen molar-refractivity contribution in [1.29, 1.82) is 0 Å². The average Bonchev–Trinajstić information content (AvgIpc) is 3.01. The third-order valence-electron chi connectivity index (χ3n) is 7.25. The molecule has 0 heterocycles. The van der Waals surface area contributed by atoms with Crippen molar-refractivity contribution in [2.75, 3.05) is 0 Å². The van der Waals surface area contributed by atoms with E-state index in [0.29, 0.717) is 43.3 Å². The predicted molar refractivity (Wildman–Crippen MR) is 152 cm³/mol. The highest BCUT2D eigenvalue weighted by Gasteiger charge is 2.43. The van der Waals surface area contributed by atoms with Crippen LogP contribution in [0.15, 0.2) is 114 Å². The number of rotatable bonds is 9. The van der Waals surface area contributed by atoms with Crippen molar-refractivity contribution in [1.82, 2.24) is 0 Å². The number of benzene rings is 4. The van der Waals surface area contributed by atoms with Gasteiger partial charge in [-0.1, -0.05) is 92.1 Å². The van der Waals surface area contributed by atoms with Crippen LogP contribution >= 0.6 is 0 Å². The van der Waals surface area contributed by atoms with Gasteiger partial charge in [0.2, 0.25) is 0 Å². The monoisotopic (exact) mass is 537 g/mol. The third-order valence-corrected chi connectivity index (χ3v) is 7.25. The lowest BCUT2D eigenvalue weighted by Crippen LogP contribution is -2.41. The summed E-state index contributed by atoms with van der Waals surface area (Å²) in [5, 5.41) is 4.28. The van der Waals surface area contributed by atoms with Gasteiger partial charge in [0.25, 0.3) is 5.90 Å². The van der Waals surface area contributed by atoms with E-state index in [-0.39, 0.29) is 11.8 Å². The van der Waals surface area contributed by atoms with Crippen molar-refractivity contribution < 1.29 is 23.5 Å². The van der Waals surface area contributed by atoms with Crippen molar-refractivity contribution in [3.63, 3.8) is 0 Å². The topological polar surface area (TPSA) is 57.1 Å². The first-order chi connectivity index (χ1) is 19.6. The minimum atomic E-state index is -0.776. The molecule has 0 atom stereocenters. The normalized spacial score (nSPS) is 14.8. The zero-order chi connectivity index (χ0) is 27.6. The summed E-state index contributed by atoms with van der Waals surface area (Å²) in [5.74, 6) is 0.117. The molecule has 0 amide bonds. The number of hydrogen-bond acceptors (Lipinski definition) is 5. The predicted octanol–water partition coefficient (Wildman–Crippen LogP) is 7.73. The first-order valence-electron chi connectivity index (χ1n) is 13.6. The molecule has 5 rings (SSSR count). The first-order valence-corrected chi connectivity index (χ1v) is 13.6. The van der Waals surface area contributed by atoms with Gasteiger partial charge < -0.3 is 14.3 Å². The Morgan fingerprint density at radius 1 is 0.725 bits per heavy atom. The smallest absolute Gasteiger partial charge is 0.321 e. The molecular formula is C34H32FNO4. The number of esters is 1. The van der Waals surface area contributed by atoms with Gasteiger partial charge in [-0.25, -0.2) is 4.39 Å². The zero-order valence-corrected chi connectivity index (χ0v) is 22.3. The number of nitrogens with zero attached hydrogens (tertiary/aromatic N) is 1. The molecular weight excluding hydrogens is 505 g/mol. The molecule has 1 aliphatic rings. The van der Waals surface area contributed by atoms with E-state index in [1.54, 1.807) is 36.4 Å². The Labute approximate surface area is 234 Å². The van der Waals surface area contributed by atoms with Crippen LogP contribution in [-0.2, 0) is 33.0 Å². The Hall–Kier alpha value is -4.45. The molecule has 0 aromatic heterocycles. The molecule has 4 aromatic carbocycles. The van der Waals surface area contributed by atoms with Crippen molar-refractivity contribution in [2.24, 2.45) is 5.16 Å². The lowest BCUT2D eigenvalue weighted by molar-refractivity contribution is -0.142. The second-order valence-electron chi connectivity index (χ2n) is 9.99. The Bertz CT molecular complexity index is 1400. The second kappa shape index (κ2) is 13.1. The van der Waals surface area contributed by atoms with E-state index < -0.39 is 5.41 Å². The van der Waals surface area contributed by atoms with Gasteiger partial charge in [0.1, 0.15) is 24.8 Å². The van der Waals surface area contributed by atoms with E-state index in [2.05, 4.69) is 5.16 Å². The fourth-order valence-electron chi connectivity index (χ4n) is 5.03. The van der Waals surface area contributed by atoms with Gasteiger partial charge in [-0.3, -0.25) is 4.79 Å². The van der Waals surface area contributed by atoms with Crippen LogP contribution in [0.2, 0.25) is 0 Å². The van der Waals surface area contributed by atoms with Crippen LogP contribution in [0, 0.1) is 5.82 Å². The fourth-order valence-corrected chi connectivity index (χ4v) is 5.03. The summed E-state index contributed by atoms with van der Waals surface area (Å²) in [7, 11) is 0. The third kappa shape index (κ3) is 6.75. The highest BCUT2D eigenvalue weighted by molar-refractivity contribution is 5.94. The molecule has 204 valence electrons. The van der Waals surface area contributed by atoms with E-state index >= 15 is 0 Å². The number of carbonyl (C=O) groups is 1. The van der Waals surface area contributed by atoms with E-state index in [9.17, 15) is 9.18 Å². The van der Waals surface area contributed by atoms with Gasteiger partial charge in [0.15, 0.2) is 0 Å². The second-order valence-corrected chi connectivity index (χ2v) is 9.99. The Morgan fingerprint density at radius 2 is 1.32 bits per heavy atom. The highest BCUT2D eigenvalue weighted by Crippen LogP contribution is 2.41. The molecule has 0 radical (unpaired) electrons. The van der Waals surface area contributed by atoms with Gasteiger partial charge in [-0.2, -0.15) is 0 Å². The molecule has 0 saturated heterocycles. The number of carbonyl (C=O) groups excluding carboxylic acids is 1. The molecule has 1 saturated carbocycles. The Kier molecular flexibility index (Phi) is 8.86. The molecule has 1 fully saturated rings. The van der Waals surface area contributed by atoms with Gasteiger partial charge >= 0.3 is 5.97 Å². The summed E-state index contributed by atoms with van der Waals surface area (Å²) in [6.07, 6.45) is 4.28. The van der Waals surface area contributed by atoms with E-state index in [1.165, 1.54) is 12.1 Å². The highest BCUT2D eigenvalue weighted by atomic mass is 19.1. The van der Waals surface area contributed by atoms with Crippen LogP contribution in [0.4, 0.5) is 4.39 Å². The van der Waals surface area contributed by atoms with E-state index in [0.717, 1.165) is 36.0 Å². The molecule has 5 nitrogen and oxygen atoms in total. The quantitative estimate of drug-likeness (QED) is 0.0721. The lowest BCUT2D eigenvalue weighted by Gasteiger charge is -2.35. The Balaban J connectivity index is 1.32. The summed E-state index contributed by atoms with van der Waals surface area (Å²) in [4.78, 5) is 19.2. The molecule has 1 aliphatic carbocycles. The summed E-state index contributed by atoms with van der Waals surface area (Å²) >= 11 is 0. The molecule has 0 unspecified atom stereocenters. The van der Waals surface area contributed by atoms with Crippen LogP contribution in [-0.4, -0.2) is 11.9 Å². The molecule has 4 aromatic rings. The average molecular weight is 538 g/mol. The van der Waals surface area contributed by atoms with Gasteiger partial charge in [0, 0.05) is 5.56 Å². The van der Waals surface area contributed by atoms with Crippen molar-refractivity contribution in [3.05, 3.63) is 137 Å². The first kappa shape index (κ1) is 27.1. The summed E-state index contributed by atoms with van der Waals surface area (Å²) in [6, 6.07) is 32.9. The van der Waals surface area contributed by atoms with E-state index in [4.69, 9.17) is 14.3 Å². The van der Waals surface area contributed by atoms with Crippen LogP contribution in [0.3, 0.4) is 0 Å². The standard InChI is InChI=1S/C34H32FNO4/c35-30-18-16-29(17-19-30)34(22-8-3-9-23-34)33(37)40-31-20-14-28(15-21-31)32(38-24-26-10-4-1-5-11-26)36-39-25-27-12-6-2-7-13-27/h1-2,4-7,10-21H,3,8-9,22-25H2. The number of hydrogen-bond donors (Lipinski definition) is 0. The lowest BCUT2D eigenvalue weighted by atomic mass is 9.69. The van der Waals surface area contributed by atoms with Crippen LogP contribution in [0.5, 0.6) is 5.75 Å². The molecule has 0 N–H and O–H groups in total. The van der Waals surface area contributed by atoms with Crippen LogP contribution in [0.1, 0.15) is 54.4 Å². The minimum absolute atomic E-state index is 0.306. The number of halogens is 1. The van der Waals surface area contributed by atoms with Crippen molar-refractivity contribution >= 4 is 11.9 Å². The van der Waals surface area contributed by atoms with Crippen LogP contribution in [0.25, 0.3) is 0 Å². The fraction of sp³-hybridized carbons (Fsp3) is 0.235. The largest absolute Gasteiger partial charge is 0.470 e. The van der Waals surface area contributed by atoms with Gasteiger partial charge in [0.05, 0.1) is 5.41 Å². The van der Waals surface area contributed by atoms with Crippen LogP contribution < -0.4 is 4.74 Å². The van der Waals surface area contributed by atoms with Crippen molar-refractivity contribution in [3.8, 4) is 5.75 Å². The minimum Gasteiger partial charge on any atom is -0.470 e. The molecule has 0 aliphatic heterocycles. The maximum absolute atomic E-state index is 13.6. The molecule has 0 bridgehead atoms. The summed E-state index contributed by atoms with van der Waals surface area (Å²) in [6.45, 7) is 0.630. The summed E-state index contributed by atoms with van der Waals surface area (Å²) < 4.78 is 25.5. The van der Waals surface area contributed by atoms with Crippen molar-refractivity contribution in [2.45, 2.75) is 50.7 Å². The van der Waals surface area contributed by atoms with Gasteiger partial charge in [-0.15, -0.1) is 0 Å². The van der Waals surface area contributed by atoms with E-state index in [1.807, 2.05) is 60.7 Å². The maximum Gasteiger partial charge on any atom is 0.321 e. The zero-order valence-electron chi connectivity index (χ0n) is 22.3. The maximum atomic E-state index is 13.6. The summed E-state index contributed by atoms with van der Waals surface area (Å²) in [5.41, 5.74) is 2.71. The number of ether oxygens (including phenoxy) is 2. The molecule has 0 spiro atoms. The number of oxime groups is 1. The molecule has 6 heteroatoms. The Morgan fingerprint density at radius 3 is 1.95 bits per heavy atom. The van der Waals surface area contributed by atoms with Gasteiger partial charge in [-0.05, 0) is 71.1 Å². The molecule has 40 heavy (non-hydrogen) atoms. The SMILES string of the molecule is O=C(Oc1ccc(C(=NOCc2ccccc2)OCc2ccccc2)cc1)C1(c2ccc(F)cc2)CCCCC1.